The van der Waals surface area contributed by atoms with Gasteiger partial charge in [0.15, 0.2) is 5.97 Å². The molecule has 11 heteroatoms. The SMILES string of the molecule is NCC(=O)O.NCC(=O)[O-].O=C([O-])C(=O)O.[Mg+2]. The molecule has 0 saturated carbocycles. The minimum Gasteiger partial charge on any atom is -0.549 e. The third-order valence-electron chi connectivity index (χ3n) is 0.516. The smallest absolute Gasteiger partial charge is 0.549 e. The summed E-state index contributed by atoms with van der Waals surface area (Å²) in [6, 6.07) is 0. The zero-order valence-corrected chi connectivity index (χ0v) is 10.0. The number of carbonyl (C=O) groups excluding carboxylic acids is 2. The van der Waals surface area contributed by atoms with Crippen molar-refractivity contribution in [1.29, 1.82) is 0 Å². The fourth-order valence-electron chi connectivity index (χ4n) is 0. The summed E-state index contributed by atoms with van der Waals surface area (Å²) in [5.74, 6) is -6.19. The molecule has 94 valence electrons. The summed E-state index contributed by atoms with van der Waals surface area (Å²) in [5.41, 5.74) is 9.08. The third kappa shape index (κ3) is 53.3. The summed E-state index contributed by atoms with van der Waals surface area (Å²) in [5, 5.41) is 33.0. The molecule has 0 aliphatic rings. The fourth-order valence-corrected chi connectivity index (χ4v) is 0. The predicted octanol–water partition coefficient (Wildman–Crippen LogP) is -5.84. The Kier molecular flexibility index (Phi) is 24.7. The van der Waals surface area contributed by atoms with Crippen molar-refractivity contribution >= 4 is 46.9 Å². The first-order valence-corrected chi connectivity index (χ1v) is 3.45. The van der Waals surface area contributed by atoms with E-state index in [1.54, 1.807) is 0 Å². The maximum Gasteiger partial charge on any atom is 2.00 e. The van der Waals surface area contributed by atoms with Crippen molar-refractivity contribution in [2.75, 3.05) is 13.1 Å². The van der Waals surface area contributed by atoms with Crippen molar-refractivity contribution in [3.63, 3.8) is 0 Å². The van der Waals surface area contributed by atoms with Crippen LogP contribution in [-0.2, 0) is 19.2 Å². The Labute approximate surface area is 111 Å². The first kappa shape index (κ1) is 24.7. The second-order valence-corrected chi connectivity index (χ2v) is 1.77. The molecule has 0 aliphatic heterocycles. The second kappa shape index (κ2) is 17.0. The van der Waals surface area contributed by atoms with Crippen LogP contribution in [0.3, 0.4) is 0 Å². The van der Waals surface area contributed by atoms with Crippen molar-refractivity contribution in [3.8, 4) is 0 Å². The van der Waals surface area contributed by atoms with Crippen LogP contribution in [0.25, 0.3) is 0 Å². The molecule has 0 aromatic carbocycles. The molecule has 17 heavy (non-hydrogen) atoms. The number of aliphatic carboxylic acids is 4. The van der Waals surface area contributed by atoms with E-state index in [0.717, 1.165) is 0 Å². The molecule has 10 nitrogen and oxygen atoms in total. The molecule has 0 bridgehead atoms. The van der Waals surface area contributed by atoms with Gasteiger partial charge in [0.2, 0.25) is 0 Å². The number of hydrogen-bond donors (Lipinski definition) is 4. The Hall–Kier alpha value is -1.43. The minimum atomic E-state index is -2.07. The zero-order valence-electron chi connectivity index (χ0n) is 8.62. The first-order chi connectivity index (χ1) is 7.18. The van der Waals surface area contributed by atoms with E-state index < -0.39 is 23.9 Å². The van der Waals surface area contributed by atoms with Crippen LogP contribution in [0.4, 0.5) is 0 Å². The van der Waals surface area contributed by atoms with Gasteiger partial charge >= 0.3 is 35.0 Å². The van der Waals surface area contributed by atoms with E-state index in [-0.39, 0.29) is 36.1 Å². The van der Waals surface area contributed by atoms with Crippen LogP contribution >= 0.6 is 0 Å². The molecule has 0 aliphatic carbocycles. The van der Waals surface area contributed by atoms with Gasteiger partial charge in [0.1, 0.15) is 0 Å². The van der Waals surface area contributed by atoms with Crippen LogP contribution < -0.4 is 21.7 Å². The van der Waals surface area contributed by atoms with Crippen LogP contribution in [0.1, 0.15) is 0 Å². The molecule has 0 heterocycles. The summed E-state index contributed by atoms with van der Waals surface area (Å²) >= 11 is 0. The van der Waals surface area contributed by atoms with Gasteiger partial charge in [0.25, 0.3) is 0 Å². The van der Waals surface area contributed by atoms with Crippen LogP contribution in [-0.4, -0.2) is 70.2 Å². The number of carboxylic acids is 4. The van der Waals surface area contributed by atoms with Crippen molar-refractivity contribution in [1.82, 2.24) is 0 Å². The first-order valence-electron chi connectivity index (χ1n) is 3.45. The molecule has 0 spiro atoms. The van der Waals surface area contributed by atoms with E-state index in [2.05, 4.69) is 11.5 Å². The molecule has 0 saturated heterocycles. The van der Waals surface area contributed by atoms with Crippen molar-refractivity contribution < 1.29 is 39.6 Å². The molecule has 0 aromatic rings. The summed E-state index contributed by atoms with van der Waals surface area (Å²) in [6.45, 7) is -0.667. The van der Waals surface area contributed by atoms with E-state index >= 15 is 0 Å². The topological polar surface area (TPSA) is 207 Å². The van der Waals surface area contributed by atoms with Crippen molar-refractivity contribution in [3.05, 3.63) is 0 Å². The Bertz CT molecular complexity index is 230. The number of carbonyl (C=O) groups is 4. The minimum absolute atomic E-state index is 0. The van der Waals surface area contributed by atoms with Crippen molar-refractivity contribution in [2.45, 2.75) is 0 Å². The van der Waals surface area contributed by atoms with Gasteiger partial charge in [0, 0.05) is 6.54 Å². The number of nitrogens with two attached hydrogens (primary N) is 2. The van der Waals surface area contributed by atoms with Crippen LogP contribution in [0.15, 0.2) is 0 Å². The molecule has 0 atom stereocenters. The number of rotatable bonds is 2. The quantitative estimate of drug-likeness (QED) is 0.273. The fraction of sp³-hybridized carbons (Fsp3) is 0.333. The van der Waals surface area contributed by atoms with Crippen LogP contribution in [0.2, 0.25) is 0 Å². The maximum atomic E-state index is 9.24. The van der Waals surface area contributed by atoms with Gasteiger partial charge in [0.05, 0.1) is 12.5 Å². The Morgan fingerprint density at radius 1 is 0.941 bits per heavy atom. The molecule has 0 unspecified atom stereocenters. The molecule has 0 fully saturated rings. The molecule has 0 radical (unpaired) electrons. The Morgan fingerprint density at radius 3 is 1.12 bits per heavy atom. The molecule has 0 rings (SSSR count). The van der Waals surface area contributed by atoms with Gasteiger partial charge in [-0.05, 0) is 0 Å². The monoisotopic (exact) mass is 262 g/mol. The molecule has 6 N–H and O–H groups in total. The average molecular weight is 262 g/mol. The van der Waals surface area contributed by atoms with Gasteiger partial charge in [-0.2, -0.15) is 0 Å². The van der Waals surface area contributed by atoms with Crippen molar-refractivity contribution in [2.24, 2.45) is 11.5 Å². The molecular weight excluding hydrogens is 252 g/mol. The summed E-state index contributed by atoms with van der Waals surface area (Å²) in [4.78, 5) is 36.4. The number of carboxylic acid groups (broad SMARTS) is 4. The maximum absolute atomic E-state index is 9.24. The summed E-state index contributed by atoms with van der Waals surface area (Å²) < 4.78 is 0. The normalized spacial score (nSPS) is 6.94. The summed E-state index contributed by atoms with van der Waals surface area (Å²) in [7, 11) is 0. The van der Waals surface area contributed by atoms with Crippen LogP contribution in [0, 0.1) is 0 Å². The van der Waals surface area contributed by atoms with Gasteiger partial charge in [-0.25, -0.2) is 4.79 Å². The van der Waals surface area contributed by atoms with Crippen LogP contribution in [0.5, 0.6) is 0 Å². The Balaban J connectivity index is -0.0000000729. The van der Waals surface area contributed by atoms with Gasteiger partial charge in [-0.15, -0.1) is 0 Å². The molecular formula is C6H10MgN2O8. The number of hydrogen-bond acceptors (Lipinski definition) is 8. The Morgan fingerprint density at radius 2 is 1.12 bits per heavy atom. The summed E-state index contributed by atoms with van der Waals surface area (Å²) in [6.07, 6.45) is 0. The average Bonchev–Trinajstić information content (AvgIpc) is 2.19. The largest absolute Gasteiger partial charge is 2.00 e. The second-order valence-electron chi connectivity index (χ2n) is 1.77. The third-order valence-corrected chi connectivity index (χ3v) is 0.516. The zero-order chi connectivity index (χ0) is 13.7. The predicted molar refractivity (Wildman–Crippen MR) is 49.1 cm³/mol. The van der Waals surface area contributed by atoms with Gasteiger partial charge in [-0.3, -0.25) is 4.79 Å². The van der Waals surface area contributed by atoms with E-state index in [1.165, 1.54) is 0 Å². The van der Waals surface area contributed by atoms with Gasteiger partial charge < -0.3 is 41.5 Å². The van der Waals surface area contributed by atoms with E-state index in [9.17, 15) is 4.79 Å². The van der Waals surface area contributed by atoms with E-state index in [0.29, 0.717) is 0 Å². The molecule has 0 amide bonds. The molecule has 0 aromatic heterocycles. The van der Waals surface area contributed by atoms with Gasteiger partial charge in [-0.1, -0.05) is 0 Å². The van der Waals surface area contributed by atoms with E-state index in [1.807, 2.05) is 0 Å². The standard InChI is InChI=1S/2C2H5NO2.C2H2O4.Mg/c2*3-1-2(4)5;3-1(4)2(5)6;/h2*1,3H2,(H,4,5);(H,3,4)(H,5,6);/q;;;+2/p-2. The van der Waals surface area contributed by atoms with E-state index in [4.69, 9.17) is 34.8 Å².